The zero-order valence-electron chi connectivity index (χ0n) is 14.1. The van der Waals surface area contributed by atoms with Gasteiger partial charge in [0.25, 0.3) is 0 Å². The van der Waals surface area contributed by atoms with Crippen LogP contribution in [0.5, 0.6) is 0 Å². The van der Waals surface area contributed by atoms with Gasteiger partial charge in [0.05, 0.1) is 6.61 Å². The molecule has 1 fully saturated rings. The lowest BCUT2D eigenvalue weighted by Crippen LogP contribution is -2.29. The highest BCUT2D eigenvalue weighted by Crippen LogP contribution is 2.20. The number of aryl methyl sites for hydroxylation is 1. The molecule has 1 aromatic rings. The molecule has 23 heavy (non-hydrogen) atoms. The third kappa shape index (κ3) is 5.70. The SMILES string of the molecule is CCOC(=O)C(=O)CCCCc1ccc(N2CCCCC2)cc1. The Labute approximate surface area is 138 Å². The van der Waals surface area contributed by atoms with E-state index in [0.717, 1.165) is 32.4 Å². The standard InChI is InChI=1S/C19H27NO3/c1-2-23-19(22)18(21)9-5-4-8-16-10-12-17(13-11-16)20-14-6-3-7-15-20/h10-13H,2-9,14-15H2,1H3. The Morgan fingerprint density at radius 3 is 2.39 bits per heavy atom. The van der Waals surface area contributed by atoms with Gasteiger partial charge in [-0.1, -0.05) is 12.1 Å². The van der Waals surface area contributed by atoms with Crippen molar-refractivity contribution >= 4 is 17.4 Å². The molecule has 0 aromatic heterocycles. The van der Waals surface area contributed by atoms with E-state index in [1.165, 1.54) is 30.5 Å². The van der Waals surface area contributed by atoms with Gasteiger partial charge in [0, 0.05) is 25.2 Å². The van der Waals surface area contributed by atoms with E-state index in [2.05, 4.69) is 29.2 Å². The van der Waals surface area contributed by atoms with Gasteiger partial charge in [-0.05, 0) is 63.1 Å². The van der Waals surface area contributed by atoms with E-state index in [1.54, 1.807) is 6.92 Å². The van der Waals surface area contributed by atoms with Gasteiger partial charge in [0.2, 0.25) is 5.78 Å². The van der Waals surface area contributed by atoms with Crippen molar-refractivity contribution in [2.24, 2.45) is 0 Å². The van der Waals surface area contributed by atoms with Crippen LogP contribution in [0.2, 0.25) is 0 Å². The van der Waals surface area contributed by atoms with Crippen molar-refractivity contribution in [1.82, 2.24) is 0 Å². The number of carbonyl (C=O) groups excluding carboxylic acids is 2. The number of esters is 1. The molecule has 126 valence electrons. The number of piperidine rings is 1. The van der Waals surface area contributed by atoms with Crippen molar-refractivity contribution < 1.29 is 14.3 Å². The molecule has 0 saturated carbocycles. The Kier molecular flexibility index (Phi) is 7.11. The van der Waals surface area contributed by atoms with Crippen molar-refractivity contribution in [3.05, 3.63) is 29.8 Å². The lowest BCUT2D eigenvalue weighted by Gasteiger charge is -2.28. The minimum absolute atomic E-state index is 0.258. The minimum Gasteiger partial charge on any atom is -0.460 e. The monoisotopic (exact) mass is 317 g/mol. The predicted molar refractivity (Wildman–Crippen MR) is 91.7 cm³/mol. The highest BCUT2D eigenvalue weighted by Gasteiger charge is 2.14. The van der Waals surface area contributed by atoms with Crippen molar-refractivity contribution in [1.29, 1.82) is 0 Å². The number of Topliss-reactive ketones (excluding diaryl/α,β-unsaturated/α-hetero) is 1. The number of carbonyl (C=O) groups is 2. The lowest BCUT2D eigenvalue weighted by molar-refractivity contribution is -0.153. The van der Waals surface area contributed by atoms with Gasteiger partial charge in [-0.25, -0.2) is 4.79 Å². The molecular weight excluding hydrogens is 290 g/mol. The van der Waals surface area contributed by atoms with E-state index >= 15 is 0 Å². The van der Waals surface area contributed by atoms with Crippen LogP contribution in [0.25, 0.3) is 0 Å². The summed E-state index contributed by atoms with van der Waals surface area (Å²) >= 11 is 0. The molecule has 1 aliphatic rings. The quantitative estimate of drug-likeness (QED) is 0.418. The summed E-state index contributed by atoms with van der Waals surface area (Å²) in [5.74, 6) is -1.11. The molecule has 1 aliphatic heterocycles. The molecule has 1 aromatic carbocycles. The number of rotatable bonds is 8. The summed E-state index contributed by atoms with van der Waals surface area (Å²) in [4.78, 5) is 25.2. The molecule has 0 radical (unpaired) electrons. The number of anilines is 1. The Bertz CT molecular complexity index is 504. The fraction of sp³-hybridized carbons (Fsp3) is 0.579. The fourth-order valence-electron chi connectivity index (χ4n) is 2.95. The van der Waals surface area contributed by atoms with Gasteiger partial charge in [0.1, 0.15) is 0 Å². The van der Waals surface area contributed by atoms with E-state index in [4.69, 9.17) is 4.74 Å². The van der Waals surface area contributed by atoms with Gasteiger partial charge in [-0.2, -0.15) is 0 Å². The molecule has 0 amide bonds. The summed E-state index contributed by atoms with van der Waals surface area (Å²) in [6.45, 7) is 4.29. The van der Waals surface area contributed by atoms with E-state index in [1.807, 2.05) is 0 Å². The van der Waals surface area contributed by atoms with Gasteiger partial charge in [-0.3, -0.25) is 4.79 Å². The Balaban J connectivity index is 1.70. The topological polar surface area (TPSA) is 46.6 Å². The van der Waals surface area contributed by atoms with Crippen LogP contribution in [0.4, 0.5) is 5.69 Å². The highest BCUT2D eigenvalue weighted by molar-refractivity contribution is 6.33. The molecule has 0 bridgehead atoms. The maximum Gasteiger partial charge on any atom is 0.374 e. The van der Waals surface area contributed by atoms with Crippen LogP contribution in [0.15, 0.2) is 24.3 Å². The van der Waals surface area contributed by atoms with Gasteiger partial charge < -0.3 is 9.64 Å². The molecule has 0 aliphatic carbocycles. The van der Waals surface area contributed by atoms with Crippen molar-refractivity contribution in [3.63, 3.8) is 0 Å². The van der Waals surface area contributed by atoms with Gasteiger partial charge in [-0.15, -0.1) is 0 Å². The molecule has 0 spiro atoms. The molecule has 4 heteroatoms. The largest absolute Gasteiger partial charge is 0.460 e. The molecule has 1 saturated heterocycles. The Hall–Kier alpha value is -1.84. The first-order chi connectivity index (χ1) is 11.2. The average Bonchev–Trinajstić information content (AvgIpc) is 2.60. The second kappa shape index (κ2) is 9.33. The van der Waals surface area contributed by atoms with Crippen LogP contribution >= 0.6 is 0 Å². The van der Waals surface area contributed by atoms with Crippen molar-refractivity contribution in [2.45, 2.75) is 51.9 Å². The highest BCUT2D eigenvalue weighted by atomic mass is 16.5. The zero-order chi connectivity index (χ0) is 16.5. The molecule has 1 heterocycles. The van der Waals surface area contributed by atoms with E-state index in [9.17, 15) is 9.59 Å². The van der Waals surface area contributed by atoms with E-state index in [0.29, 0.717) is 0 Å². The average molecular weight is 317 g/mol. The minimum atomic E-state index is -0.696. The zero-order valence-corrected chi connectivity index (χ0v) is 14.1. The first-order valence-corrected chi connectivity index (χ1v) is 8.74. The number of ether oxygens (including phenoxy) is 1. The summed E-state index contributed by atoms with van der Waals surface area (Å²) in [6.07, 6.45) is 6.78. The third-order valence-corrected chi connectivity index (χ3v) is 4.28. The van der Waals surface area contributed by atoms with Crippen LogP contribution in [-0.4, -0.2) is 31.4 Å². The predicted octanol–water partition coefficient (Wildman–Crippen LogP) is 3.52. The number of hydrogen-bond acceptors (Lipinski definition) is 4. The van der Waals surface area contributed by atoms with Crippen LogP contribution in [0.1, 0.15) is 51.0 Å². The first-order valence-electron chi connectivity index (χ1n) is 8.74. The Morgan fingerprint density at radius 2 is 1.74 bits per heavy atom. The summed E-state index contributed by atoms with van der Waals surface area (Å²) < 4.78 is 4.70. The van der Waals surface area contributed by atoms with Crippen molar-refractivity contribution in [3.8, 4) is 0 Å². The Morgan fingerprint density at radius 1 is 1.04 bits per heavy atom. The van der Waals surface area contributed by atoms with Gasteiger partial charge in [0.15, 0.2) is 0 Å². The molecule has 4 nitrogen and oxygen atoms in total. The number of ketones is 1. The first kappa shape index (κ1) is 17.5. The summed E-state index contributed by atoms with van der Waals surface area (Å²) in [6, 6.07) is 8.75. The normalized spacial score (nSPS) is 14.6. The molecule has 0 N–H and O–H groups in total. The van der Waals surface area contributed by atoms with Crippen LogP contribution < -0.4 is 4.90 Å². The van der Waals surface area contributed by atoms with Gasteiger partial charge >= 0.3 is 5.97 Å². The van der Waals surface area contributed by atoms with Crippen LogP contribution in [0.3, 0.4) is 0 Å². The molecule has 2 rings (SSSR count). The van der Waals surface area contributed by atoms with Crippen molar-refractivity contribution in [2.75, 3.05) is 24.6 Å². The molecule has 0 atom stereocenters. The lowest BCUT2D eigenvalue weighted by atomic mass is 10.0. The number of hydrogen-bond donors (Lipinski definition) is 0. The summed E-state index contributed by atoms with van der Waals surface area (Å²) in [7, 11) is 0. The maximum absolute atomic E-state index is 11.5. The number of benzene rings is 1. The molecular formula is C19H27NO3. The second-order valence-electron chi connectivity index (χ2n) is 6.06. The van der Waals surface area contributed by atoms with E-state index in [-0.39, 0.29) is 13.0 Å². The van der Waals surface area contributed by atoms with Crippen LogP contribution in [0, 0.1) is 0 Å². The second-order valence-corrected chi connectivity index (χ2v) is 6.06. The summed E-state index contributed by atoms with van der Waals surface area (Å²) in [5, 5.41) is 0. The number of nitrogens with zero attached hydrogens (tertiary/aromatic N) is 1. The number of unbranched alkanes of at least 4 members (excludes halogenated alkanes) is 1. The van der Waals surface area contributed by atoms with Crippen LogP contribution in [-0.2, 0) is 20.7 Å². The van der Waals surface area contributed by atoms with E-state index < -0.39 is 11.8 Å². The summed E-state index contributed by atoms with van der Waals surface area (Å²) in [5.41, 5.74) is 2.60. The maximum atomic E-state index is 11.5. The third-order valence-electron chi connectivity index (χ3n) is 4.28. The smallest absolute Gasteiger partial charge is 0.374 e. The fourth-order valence-corrected chi connectivity index (χ4v) is 2.95. The molecule has 0 unspecified atom stereocenters.